The molecule has 4 heteroatoms. The van der Waals surface area contributed by atoms with Crippen LogP contribution in [0.2, 0.25) is 0 Å². The molecule has 0 saturated heterocycles. The molecule has 0 heterocycles. The van der Waals surface area contributed by atoms with E-state index in [1.807, 2.05) is 0 Å². The highest BCUT2D eigenvalue weighted by Gasteiger charge is 2.45. The standard InChI is InChI=1S/C25H34F2O2/c1-3-5-18-6-8-19(9-7-18)20-10-14-22(15-11-20)25(26,27)29-23-16-12-21(13-17-23)24(28)4-2/h4,12-13,16-20,22H,2-3,5-11,14-15H2,1H3. The van der Waals surface area contributed by atoms with Crippen LogP contribution in [0.15, 0.2) is 36.9 Å². The van der Waals surface area contributed by atoms with Crippen LogP contribution in [0.4, 0.5) is 8.78 Å². The predicted octanol–water partition coefficient (Wildman–Crippen LogP) is 7.44. The zero-order chi connectivity index (χ0) is 20.9. The van der Waals surface area contributed by atoms with Gasteiger partial charge in [-0.1, -0.05) is 39.2 Å². The summed E-state index contributed by atoms with van der Waals surface area (Å²) in [5.74, 6) is 1.36. The van der Waals surface area contributed by atoms with Crippen LogP contribution in [-0.4, -0.2) is 11.9 Å². The molecule has 1 aromatic rings. The number of rotatable bonds is 8. The minimum absolute atomic E-state index is 0.104. The molecule has 2 fully saturated rings. The number of halogens is 2. The van der Waals surface area contributed by atoms with Crippen LogP contribution in [0.3, 0.4) is 0 Å². The number of allylic oxidation sites excluding steroid dienone is 1. The summed E-state index contributed by atoms with van der Waals surface area (Å²) >= 11 is 0. The van der Waals surface area contributed by atoms with Crippen LogP contribution in [0.25, 0.3) is 0 Å². The van der Waals surface area contributed by atoms with Gasteiger partial charge < -0.3 is 4.74 Å². The lowest BCUT2D eigenvalue weighted by Gasteiger charge is -2.39. The van der Waals surface area contributed by atoms with Crippen molar-refractivity contribution in [2.75, 3.05) is 0 Å². The van der Waals surface area contributed by atoms with Crippen molar-refractivity contribution in [1.82, 2.24) is 0 Å². The Hall–Kier alpha value is -1.71. The Kier molecular flexibility index (Phi) is 7.48. The zero-order valence-electron chi connectivity index (χ0n) is 17.5. The number of carbonyl (C=O) groups is 1. The quantitative estimate of drug-likeness (QED) is 0.332. The van der Waals surface area contributed by atoms with Gasteiger partial charge in [0.15, 0.2) is 5.78 Å². The first-order valence-electron chi connectivity index (χ1n) is 11.3. The topological polar surface area (TPSA) is 26.3 Å². The Labute approximate surface area is 173 Å². The normalized spacial score (nSPS) is 28.0. The lowest BCUT2D eigenvalue weighted by atomic mass is 9.68. The number of alkyl halides is 2. The molecule has 0 aliphatic heterocycles. The Balaban J connectivity index is 1.49. The van der Waals surface area contributed by atoms with Gasteiger partial charge in [0.05, 0.1) is 5.92 Å². The number of hydrogen-bond donors (Lipinski definition) is 0. The van der Waals surface area contributed by atoms with E-state index in [0.717, 1.165) is 24.7 Å². The molecule has 3 rings (SSSR count). The van der Waals surface area contributed by atoms with Crippen LogP contribution in [0.5, 0.6) is 5.75 Å². The van der Waals surface area contributed by atoms with Gasteiger partial charge in [-0.2, -0.15) is 8.78 Å². The fraction of sp³-hybridized carbons (Fsp3) is 0.640. The Bertz CT molecular complexity index is 667. The number of hydrogen-bond acceptors (Lipinski definition) is 2. The van der Waals surface area contributed by atoms with Crippen LogP contribution in [0.1, 0.15) is 81.5 Å². The lowest BCUT2D eigenvalue weighted by molar-refractivity contribution is -0.224. The lowest BCUT2D eigenvalue weighted by Crippen LogP contribution is -2.38. The second-order valence-electron chi connectivity index (χ2n) is 8.94. The van der Waals surface area contributed by atoms with Crippen molar-refractivity contribution in [2.45, 2.75) is 77.2 Å². The van der Waals surface area contributed by atoms with Crippen molar-refractivity contribution in [2.24, 2.45) is 23.7 Å². The maximum Gasteiger partial charge on any atom is 0.400 e. The third-order valence-corrected chi connectivity index (χ3v) is 7.08. The third-order valence-electron chi connectivity index (χ3n) is 7.08. The van der Waals surface area contributed by atoms with Gasteiger partial charge in [-0.15, -0.1) is 0 Å². The summed E-state index contributed by atoms with van der Waals surface area (Å²) in [7, 11) is 0. The van der Waals surface area contributed by atoms with Gasteiger partial charge in [-0.3, -0.25) is 4.79 Å². The molecule has 2 aliphatic carbocycles. The second kappa shape index (κ2) is 9.86. The van der Waals surface area contributed by atoms with Crippen LogP contribution >= 0.6 is 0 Å². The molecule has 0 bridgehead atoms. The Morgan fingerprint density at radius 2 is 1.59 bits per heavy atom. The molecule has 2 saturated carbocycles. The molecule has 0 N–H and O–H groups in total. The van der Waals surface area contributed by atoms with Gasteiger partial charge in [-0.05, 0) is 86.6 Å². The van der Waals surface area contributed by atoms with Crippen LogP contribution < -0.4 is 4.74 Å². The van der Waals surface area contributed by atoms with Crippen LogP contribution in [-0.2, 0) is 0 Å². The molecule has 0 unspecified atom stereocenters. The monoisotopic (exact) mass is 404 g/mol. The molecule has 2 nitrogen and oxygen atoms in total. The van der Waals surface area contributed by atoms with Gasteiger partial charge in [0.1, 0.15) is 5.75 Å². The summed E-state index contributed by atoms with van der Waals surface area (Å²) in [5, 5.41) is 0. The summed E-state index contributed by atoms with van der Waals surface area (Å²) in [4.78, 5) is 11.6. The molecule has 0 radical (unpaired) electrons. The molecule has 160 valence electrons. The fourth-order valence-electron chi connectivity index (χ4n) is 5.33. The van der Waals surface area contributed by atoms with E-state index in [2.05, 4.69) is 13.5 Å². The molecule has 0 amide bonds. The van der Waals surface area contributed by atoms with E-state index < -0.39 is 12.0 Å². The summed E-state index contributed by atoms with van der Waals surface area (Å²) in [6.45, 7) is 5.69. The molecule has 2 aliphatic rings. The van der Waals surface area contributed by atoms with Gasteiger partial charge in [-0.25, -0.2) is 0 Å². The molecule has 29 heavy (non-hydrogen) atoms. The minimum atomic E-state index is -3.17. The van der Waals surface area contributed by atoms with Crippen molar-refractivity contribution in [3.63, 3.8) is 0 Å². The van der Waals surface area contributed by atoms with Gasteiger partial charge in [0.2, 0.25) is 0 Å². The van der Waals surface area contributed by atoms with Gasteiger partial charge >= 0.3 is 6.11 Å². The summed E-state index contributed by atoms with van der Waals surface area (Å²) in [6, 6.07) is 5.87. The van der Waals surface area contributed by atoms with Crippen molar-refractivity contribution < 1.29 is 18.3 Å². The van der Waals surface area contributed by atoms with E-state index in [0.29, 0.717) is 24.3 Å². The average molecular weight is 405 g/mol. The van der Waals surface area contributed by atoms with Crippen molar-refractivity contribution in [1.29, 1.82) is 0 Å². The first kappa shape index (κ1) is 22.0. The van der Waals surface area contributed by atoms with Crippen molar-refractivity contribution in [3.05, 3.63) is 42.5 Å². The Morgan fingerprint density at radius 1 is 1.03 bits per heavy atom. The molecule has 0 spiro atoms. The predicted molar refractivity (Wildman–Crippen MR) is 112 cm³/mol. The van der Waals surface area contributed by atoms with E-state index in [1.165, 1.54) is 68.9 Å². The maximum atomic E-state index is 14.7. The minimum Gasteiger partial charge on any atom is -0.432 e. The number of ether oxygens (including phenoxy) is 1. The number of carbonyl (C=O) groups excluding carboxylic acids is 1. The Morgan fingerprint density at radius 3 is 2.10 bits per heavy atom. The first-order valence-corrected chi connectivity index (χ1v) is 11.3. The second-order valence-corrected chi connectivity index (χ2v) is 8.94. The SMILES string of the molecule is C=CC(=O)c1ccc(OC(F)(F)C2CCC(C3CCC(CCC)CC3)CC2)cc1. The summed E-state index contributed by atoms with van der Waals surface area (Å²) < 4.78 is 34.5. The molecular formula is C25H34F2O2. The smallest absolute Gasteiger partial charge is 0.400 e. The molecule has 0 aromatic heterocycles. The summed E-state index contributed by atoms with van der Waals surface area (Å²) in [6.07, 6.45) is 8.68. The van der Waals surface area contributed by atoms with E-state index >= 15 is 0 Å². The highest BCUT2D eigenvalue weighted by atomic mass is 19.3. The van der Waals surface area contributed by atoms with Gasteiger partial charge in [0.25, 0.3) is 0 Å². The molecule has 0 atom stereocenters. The molecule has 1 aromatic carbocycles. The fourth-order valence-corrected chi connectivity index (χ4v) is 5.33. The zero-order valence-corrected chi connectivity index (χ0v) is 17.5. The van der Waals surface area contributed by atoms with E-state index in [-0.39, 0.29) is 11.5 Å². The van der Waals surface area contributed by atoms with E-state index in [1.54, 1.807) is 0 Å². The first-order chi connectivity index (χ1) is 13.9. The average Bonchev–Trinajstić information content (AvgIpc) is 2.74. The van der Waals surface area contributed by atoms with Crippen molar-refractivity contribution >= 4 is 5.78 Å². The highest BCUT2D eigenvalue weighted by molar-refractivity contribution is 6.04. The van der Waals surface area contributed by atoms with Crippen molar-refractivity contribution in [3.8, 4) is 5.75 Å². The largest absolute Gasteiger partial charge is 0.432 e. The number of benzene rings is 1. The van der Waals surface area contributed by atoms with Gasteiger partial charge in [0, 0.05) is 5.56 Å². The number of ketones is 1. The maximum absolute atomic E-state index is 14.7. The third kappa shape index (κ3) is 5.67. The van der Waals surface area contributed by atoms with E-state index in [9.17, 15) is 13.6 Å². The molecular weight excluding hydrogens is 370 g/mol. The van der Waals surface area contributed by atoms with E-state index in [4.69, 9.17) is 4.74 Å². The van der Waals surface area contributed by atoms with Crippen LogP contribution in [0, 0.1) is 23.7 Å². The summed E-state index contributed by atoms with van der Waals surface area (Å²) in [5.41, 5.74) is 0.421. The highest BCUT2D eigenvalue weighted by Crippen LogP contribution is 2.45.